The molecule has 0 spiro atoms. The zero-order chi connectivity index (χ0) is 18.4. The summed E-state index contributed by atoms with van der Waals surface area (Å²) in [5.74, 6) is -0.730. The van der Waals surface area contributed by atoms with E-state index in [4.69, 9.17) is 16.9 Å². The maximum absolute atomic E-state index is 14.1. The Labute approximate surface area is 152 Å². The fourth-order valence-corrected chi connectivity index (χ4v) is 3.93. The van der Waals surface area contributed by atoms with Gasteiger partial charge in [-0.05, 0) is 37.0 Å². The predicted octanol–water partition coefficient (Wildman–Crippen LogP) is 2.73. The van der Waals surface area contributed by atoms with E-state index in [1.54, 1.807) is 11.0 Å². The Morgan fingerprint density at radius 2 is 2.23 bits per heavy atom. The molecule has 4 rings (SSSR count). The highest BCUT2D eigenvalue weighted by Gasteiger charge is 2.44. The van der Waals surface area contributed by atoms with Crippen molar-refractivity contribution >= 4 is 23.3 Å². The molecule has 2 atom stereocenters. The van der Waals surface area contributed by atoms with Gasteiger partial charge in [-0.25, -0.2) is 14.3 Å². The van der Waals surface area contributed by atoms with E-state index in [-0.39, 0.29) is 33.9 Å². The summed E-state index contributed by atoms with van der Waals surface area (Å²) < 4.78 is 14.1. The lowest BCUT2D eigenvalue weighted by molar-refractivity contribution is 0.177. The second-order valence-corrected chi connectivity index (χ2v) is 6.76. The molecule has 0 radical (unpaired) electrons. The summed E-state index contributed by atoms with van der Waals surface area (Å²) in [6, 6.07) is 4.72. The molecule has 2 aliphatic heterocycles. The number of aromatic amines is 1. The van der Waals surface area contributed by atoms with Crippen LogP contribution in [0.2, 0.25) is 5.02 Å². The second kappa shape index (κ2) is 6.11. The Bertz CT molecular complexity index is 1020. The van der Waals surface area contributed by atoms with Gasteiger partial charge < -0.3 is 10.2 Å². The molecule has 1 aromatic carbocycles. The van der Waals surface area contributed by atoms with Gasteiger partial charge in [-0.1, -0.05) is 11.6 Å². The molecule has 1 aromatic heterocycles. The zero-order valence-corrected chi connectivity index (χ0v) is 14.2. The van der Waals surface area contributed by atoms with Gasteiger partial charge in [0.25, 0.3) is 5.56 Å². The molecular formula is C17H13ClFN5O2. The highest BCUT2D eigenvalue weighted by atomic mass is 35.5. The van der Waals surface area contributed by atoms with E-state index in [0.717, 1.165) is 24.5 Å². The van der Waals surface area contributed by atoms with Crippen molar-refractivity contribution in [2.75, 3.05) is 5.32 Å². The summed E-state index contributed by atoms with van der Waals surface area (Å²) in [6.45, 7) is 0. The van der Waals surface area contributed by atoms with Crippen LogP contribution in [0, 0.1) is 17.1 Å². The van der Waals surface area contributed by atoms with Crippen LogP contribution in [0.5, 0.6) is 0 Å². The number of nitrogens with one attached hydrogen (secondary N) is 2. The van der Waals surface area contributed by atoms with Crippen LogP contribution in [0.15, 0.2) is 23.0 Å². The normalized spacial score (nSPS) is 20.4. The van der Waals surface area contributed by atoms with Gasteiger partial charge in [0.15, 0.2) is 0 Å². The molecule has 2 unspecified atom stereocenters. The number of aromatic nitrogens is 2. The maximum atomic E-state index is 14.1. The van der Waals surface area contributed by atoms with Gasteiger partial charge in [-0.15, -0.1) is 0 Å². The molecule has 9 heteroatoms. The highest BCUT2D eigenvalue weighted by molar-refractivity contribution is 6.32. The van der Waals surface area contributed by atoms with Crippen LogP contribution in [0.25, 0.3) is 0 Å². The standard InChI is InChI=1S/C17H13ClFN5O2/c18-11-6-13(12(19)4-9(11)7-20)21-17(26)24-10-1-2-14(24)16-8(3-10)5-15(25)22-23-16/h4-6,10,14H,1-3H2,(H,21,26)(H,22,25). The first kappa shape index (κ1) is 16.5. The molecule has 1 fully saturated rings. The summed E-state index contributed by atoms with van der Waals surface area (Å²) in [5.41, 5.74) is 1.17. The van der Waals surface area contributed by atoms with E-state index in [1.807, 2.05) is 0 Å². The molecule has 0 aliphatic carbocycles. The molecular weight excluding hydrogens is 361 g/mol. The van der Waals surface area contributed by atoms with Gasteiger partial charge in [-0.2, -0.15) is 10.4 Å². The lowest BCUT2D eigenvalue weighted by Crippen LogP contribution is -2.45. The van der Waals surface area contributed by atoms with Crippen molar-refractivity contribution in [1.29, 1.82) is 5.26 Å². The van der Waals surface area contributed by atoms with E-state index in [1.165, 1.54) is 12.1 Å². The van der Waals surface area contributed by atoms with Gasteiger partial charge in [-0.3, -0.25) is 4.79 Å². The number of carbonyl (C=O) groups excluding carboxylic acids is 1. The predicted molar refractivity (Wildman–Crippen MR) is 91.3 cm³/mol. The molecule has 3 heterocycles. The SMILES string of the molecule is N#Cc1cc(F)c(NC(=O)N2C3CCC2c2n[nH]c(=O)cc2C3)cc1Cl. The van der Waals surface area contributed by atoms with Crippen molar-refractivity contribution in [2.45, 2.75) is 31.3 Å². The van der Waals surface area contributed by atoms with Gasteiger partial charge in [0.05, 0.1) is 28.0 Å². The van der Waals surface area contributed by atoms with Crippen LogP contribution < -0.4 is 10.9 Å². The van der Waals surface area contributed by atoms with Crippen LogP contribution in [0.1, 0.15) is 35.7 Å². The Morgan fingerprint density at radius 1 is 1.42 bits per heavy atom. The van der Waals surface area contributed by atoms with Gasteiger partial charge in [0.2, 0.25) is 0 Å². The summed E-state index contributed by atoms with van der Waals surface area (Å²) in [7, 11) is 0. The number of amides is 2. The Balaban J connectivity index is 1.62. The topological polar surface area (TPSA) is 102 Å². The third-order valence-electron chi connectivity index (χ3n) is 4.85. The number of nitrogens with zero attached hydrogens (tertiary/aromatic N) is 3. The summed E-state index contributed by atoms with van der Waals surface area (Å²) >= 11 is 5.92. The van der Waals surface area contributed by atoms with Crippen molar-refractivity contribution in [3.05, 3.63) is 56.2 Å². The third kappa shape index (κ3) is 2.61. The monoisotopic (exact) mass is 373 g/mol. The Morgan fingerprint density at radius 3 is 3.00 bits per heavy atom. The minimum atomic E-state index is -0.730. The molecule has 2 amide bonds. The fourth-order valence-electron chi connectivity index (χ4n) is 3.72. The number of hydrogen-bond acceptors (Lipinski definition) is 4. The minimum absolute atomic E-state index is 0.00212. The van der Waals surface area contributed by atoms with Crippen molar-refractivity contribution in [3.63, 3.8) is 0 Å². The summed E-state index contributed by atoms with van der Waals surface area (Å²) in [5, 5.41) is 18.0. The van der Waals surface area contributed by atoms with Gasteiger partial charge in [0, 0.05) is 12.1 Å². The quantitative estimate of drug-likeness (QED) is 0.802. The number of rotatable bonds is 1. The minimum Gasteiger partial charge on any atom is -0.313 e. The number of fused-ring (bicyclic) bond motifs is 4. The van der Waals surface area contributed by atoms with Crippen molar-refractivity contribution in [2.24, 2.45) is 0 Å². The third-order valence-corrected chi connectivity index (χ3v) is 5.16. The number of halogens is 2. The number of urea groups is 1. The molecule has 2 aliphatic rings. The van der Waals surface area contributed by atoms with Crippen molar-refractivity contribution in [1.82, 2.24) is 15.1 Å². The highest BCUT2D eigenvalue weighted by Crippen LogP contribution is 2.42. The molecule has 2 aromatic rings. The van der Waals surface area contributed by atoms with Crippen LogP contribution in [0.4, 0.5) is 14.9 Å². The molecule has 0 saturated carbocycles. The Hall–Kier alpha value is -2.92. The first-order valence-electron chi connectivity index (χ1n) is 8.05. The first-order chi connectivity index (χ1) is 12.5. The molecule has 2 N–H and O–H groups in total. The number of hydrogen-bond donors (Lipinski definition) is 2. The lowest BCUT2D eigenvalue weighted by Gasteiger charge is -2.35. The van der Waals surface area contributed by atoms with E-state index >= 15 is 0 Å². The van der Waals surface area contributed by atoms with Gasteiger partial charge in [0.1, 0.15) is 11.9 Å². The average Bonchev–Trinajstić information content (AvgIpc) is 2.93. The number of carbonyl (C=O) groups is 1. The lowest BCUT2D eigenvalue weighted by atomic mass is 9.99. The number of anilines is 1. The maximum Gasteiger partial charge on any atom is 0.322 e. The molecule has 26 heavy (non-hydrogen) atoms. The average molecular weight is 374 g/mol. The summed E-state index contributed by atoms with van der Waals surface area (Å²) in [6.07, 6.45) is 2.03. The zero-order valence-electron chi connectivity index (χ0n) is 13.4. The van der Waals surface area contributed by atoms with E-state index in [2.05, 4.69) is 15.5 Å². The van der Waals surface area contributed by atoms with Crippen LogP contribution in [-0.4, -0.2) is 27.2 Å². The van der Waals surface area contributed by atoms with E-state index in [9.17, 15) is 14.0 Å². The van der Waals surface area contributed by atoms with E-state index in [0.29, 0.717) is 12.1 Å². The number of benzene rings is 1. The summed E-state index contributed by atoms with van der Waals surface area (Å²) in [4.78, 5) is 25.9. The molecule has 132 valence electrons. The smallest absolute Gasteiger partial charge is 0.313 e. The fraction of sp³-hybridized carbons (Fsp3) is 0.294. The first-order valence-corrected chi connectivity index (χ1v) is 8.42. The van der Waals surface area contributed by atoms with Crippen molar-refractivity contribution in [3.8, 4) is 6.07 Å². The second-order valence-electron chi connectivity index (χ2n) is 6.35. The van der Waals surface area contributed by atoms with Crippen LogP contribution >= 0.6 is 11.6 Å². The molecule has 2 bridgehead atoms. The van der Waals surface area contributed by atoms with Crippen LogP contribution in [0.3, 0.4) is 0 Å². The Kier molecular flexibility index (Phi) is 3.89. The van der Waals surface area contributed by atoms with E-state index < -0.39 is 11.8 Å². The largest absolute Gasteiger partial charge is 0.322 e. The molecule has 7 nitrogen and oxygen atoms in total. The number of H-pyrrole nitrogens is 1. The van der Waals surface area contributed by atoms with Gasteiger partial charge >= 0.3 is 6.03 Å². The number of nitriles is 1. The van der Waals surface area contributed by atoms with Crippen molar-refractivity contribution < 1.29 is 9.18 Å². The van der Waals surface area contributed by atoms with Crippen LogP contribution in [-0.2, 0) is 6.42 Å². The molecule has 1 saturated heterocycles.